The van der Waals surface area contributed by atoms with Gasteiger partial charge in [0.15, 0.2) is 11.6 Å². The molecule has 194 valence electrons. The fraction of sp³-hybridized carbons (Fsp3) is 0.773. The monoisotopic (exact) mass is 503 g/mol. The number of hydrogen-bond donors (Lipinski definition) is 6. The Labute approximate surface area is 200 Å². The number of fused-ring (bicyclic) bond motifs is 1. The molecule has 34 heavy (non-hydrogen) atoms. The van der Waals surface area contributed by atoms with Crippen molar-refractivity contribution in [3.05, 3.63) is 23.5 Å². The standard InChI is InChI=1S/C22H38N3O8P/c1-7-21(6,33-34(30,31)22(29,8-2)9-3)13(5)17-15(26)16(27)19(32-17)25-11-14-10-12(4)23-18(14)24-20(25)28/h10-11,13,15-19,23,26-27,29H,7-9H2,1-6H3,(H,24,28)(H,30,31). The fourth-order valence-corrected chi connectivity index (χ4v) is 6.52. The number of urea groups is 1. The predicted molar refractivity (Wildman–Crippen MR) is 124 cm³/mol. The molecule has 3 heterocycles. The molecule has 1 fully saturated rings. The molecule has 3 aliphatic heterocycles. The summed E-state index contributed by atoms with van der Waals surface area (Å²) < 4.78 is 24.8. The number of rotatable bonds is 9. The first-order chi connectivity index (χ1) is 15.7. The van der Waals surface area contributed by atoms with E-state index in [1.165, 1.54) is 4.90 Å². The maximum atomic E-state index is 13.1. The molecule has 3 rings (SSSR count). The van der Waals surface area contributed by atoms with Crippen LogP contribution in [-0.4, -0.2) is 72.8 Å². The number of hydrogen-bond acceptors (Lipinski definition) is 8. The van der Waals surface area contributed by atoms with Gasteiger partial charge in [-0.25, -0.2) is 4.79 Å². The van der Waals surface area contributed by atoms with E-state index in [9.17, 15) is 29.6 Å². The third-order valence-corrected chi connectivity index (χ3v) is 9.93. The van der Waals surface area contributed by atoms with Crippen LogP contribution in [0.4, 0.5) is 4.79 Å². The first kappa shape index (κ1) is 27.1. The average Bonchev–Trinajstić information content (AvgIpc) is 3.29. The lowest BCUT2D eigenvalue weighted by Crippen LogP contribution is -2.56. The summed E-state index contributed by atoms with van der Waals surface area (Å²) >= 11 is 0. The van der Waals surface area contributed by atoms with Gasteiger partial charge in [-0.15, -0.1) is 0 Å². The number of nitrogens with one attached hydrogen (secondary N) is 2. The molecule has 0 aliphatic carbocycles. The number of ether oxygens (including phenoxy) is 1. The minimum Gasteiger partial charge on any atom is -0.388 e. The Kier molecular flexibility index (Phi) is 7.61. The zero-order valence-electron chi connectivity index (χ0n) is 20.6. The molecule has 0 aromatic rings. The van der Waals surface area contributed by atoms with Crippen LogP contribution < -0.4 is 10.6 Å². The van der Waals surface area contributed by atoms with Gasteiger partial charge < -0.3 is 35.6 Å². The average molecular weight is 504 g/mol. The molecule has 6 N–H and O–H groups in total. The zero-order chi connectivity index (χ0) is 25.6. The van der Waals surface area contributed by atoms with Crippen LogP contribution in [0.2, 0.25) is 0 Å². The molecule has 0 bridgehead atoms. The zero-order valence-corrected chi connectivity index (χ0v) is 21.5. The molecule has 2 amide bonds. The molecule has 8 unspecified atom stereocenters. The van der Waals surface area contributed by atoms with E-state index < -0.39 is 55.0 Å². The number of allylic oxidation sites excluding steroid dienone is 1. The molecule has 0 spiro atoms. The Morgan fingerprint density at radius 1 is 1.21 bits per heavy atom. The molecule has 0 radical (unpaired) electrons. The Hall–Kier alpha value is -1.46. The van der Waals surface area contributed by atoms with E-state index in [0.29, 0.717) is 0 Å². The summed E-state index contributed by atoms with van der Waals surface area (Å²) in [6, 6.07) is -0.501. The largest absolute Gasteiger partial charge is 0.388 e. The van der Waals surface area contributed by atoms with E-state index in [-0.39, 0.29) is 25.4 Å². The molecule has 0 aromatic carbocycles. The topological polar surface area (TPSA) is 161 Å². The van der Waals surface area contributed by atoms with E-state index in [0.717, 1.165) is 11.3 Å². The van der Waals surface area contributed by atoms with Crippen LogP contribution >= 0.6 is 7.60 Å². The minimum absolute atomic E-state index is 0.0251. The fourth-order valence-electron chi connectivity index (χ4n) is 4.69. The number of carbonyl (C=O) groups is 1. The first-order valence-electron chi connectivity index (χ1n) is 11.8. The highest BCUT2D eigenvalue weighted by molar-refractivity contribution is 7.54. The number of nitrogens with zero attached hydrogens (tertiary/aromatic N) is 1. The predicted octanol–water partition coefficient (Wildman–Crippen LogP) is 1.69. The smallest absolute Gasteiger partial charge is 0.359 e. The van der Waals surface area contributed by atoms with Crippen molar-refractivity contribution in [2.24, 2.45) is 5.92 Å². The second kappa shape index (κ2) is 9.54. The van der Waals surface area contributed by atoms with Crippen LogP contribution in [0.15, 0.2) is 23.5 Å². The maximum Gasteiger partial charge on any atom is 0.359 e. The van der Waals surface area contributed by atoms with Crippen LogP contribution in [0.5, 0.6) is 0 Å². The summed E-state index contributed by atoms with van der Waals surface area (Å²) in [5.41, 5.74) is 0.368. The van der Waals surface area contributed by atoms with Gasteiger partial charge in [0.2, 0.25) is 0 Å². The van der Waals surface area contributed by atoms with Gasteiger partial charge in [0.1, 0.15) is 18.4 Å². The van der Waals surface area contributed by atoms with Crippen LogP contribution in [0.3, 0.4) is 0 Å². The van der Waals surface area contributed by atoms with Gasteiger partial charge in [-0.05, 0) is 39.2 Å². The van der Waals surface area contributed by atoms with Crippen LogP contribution in [0, 0.1) is 5.92 Å². The molecule has 3 aliphatic rings. The summed E-state index contributed by atoms with van der Waals surface area (Å²) in [4.78, 5) is 24.6. The van der Waals surface area contributed by atoms with Crippen molar-refractivity contribution in [3.63, 3.8) is 0 Å². The summed E-state index contributed by atoms with van der Waals surface area (Å²) in [5.74, 6) is -0.686. The second-order valence-corrected chi connectivity index (χ2v) is 11.7. The summed E-state index contributed by atoms with van der Waals surface area (Å²) in [5, 5.41) is 36.3. The Morgan fingerprint density at radius 2 is 1.82 bits per heavy atom. The van der Waals surface area contributed by atoms with Crippen molar-refractivity contribution in [3.8, 4) is 0 Å². The van der Waals surface area contributed by atoms with Crippen molar-refractivity contribution in [2.45, 2.75) is 102 Å². The van der Waals surface area contributed by atoms with Gasteiger partial charge in [0, 0.05) is 23.4 Å². The molecule has 12 heteroatoms. The first-order valence-corrected chi connectivity index (χ1v) is 13.3. The van der Waals surface area contributed by atoms with Crippen LogP contribution in [0.1, 0.15) is 60.8 Å². The summed E-state index contributed by atoms with van der Waals surface area (Å²) in [6.07, 6.45) is -1.61. The number of aliphatic hydroxyl groups excluding tert-OH is 2. The molecular formula is C22H38N3O8P. The van der Waals surface area contributed by atoms with Crippen molar-refractivity contribution in [1.29, 1.82) is 0 Å². The van der Waals surface area contributed by atoms with Crippen molar-refractivity contribution in [1.82, 2.24) is 15.5 Å². The van der Waals surface area contributed by atoms with Crippen molar-refractivity contribution in [2.75, 3.05) is 0 Å². The highest BCUT2D eigenvalue weighted by atomic mass is 31.2. The summed E-state index contributed by atoms with van der Waals surface area (Å²) in [7, 11) is -4.49. The Balaban J connectivity index is 1.84. The van der Waals surface area contributed by atoms with Crippen LogP contribution in [-0.2, 0) is 13.8 Å². The molecule has 8 atom stereocenters. The van der Waals surface area contributed by atoms with Gasteiger partial charge >= 0.3 is 13.6 Å². The molecule has 0 aromatic heterocycles. The SMILES string of the molecule is CCC(C)(OP(=O)(O)C(O)(CC)CC)C(C)C1OC(N2C=C3C=C(C)NC3NC2=O)C(O)C1O. The van der Waals surface area contributed by atoms with Crippen molar-refractivity contribution < 1.29 is 38.8 Å². The van der Waals surface area contributed by atoms with Crippen LogP contribution in [0.25, 0.3) is 0 Å². The second-order valence-electron chi connectivity index (χ2n) is 9.62. The van der Waals surface area contributed by atoms with E-state index in [4.69, 9.17) is 9.26 Å². The maximum absolute atomic E-state index is 13.1. The quantitative estimate of drug-likeness (QED) is 0.257. The lowest BCUT2D eigenvalue weighted by molar-refractivity contribution is -0.111. The molecular weight excluding hydrogens is 465 g/mol. The lowest BCUT2D eigenvalue weighted by Gasteiger charge is -2.42. The Bertz CT molecular complexity index is 907. The van der Waals surface area contributed by atoms with Gasteiger partial charge in [-0.2, -0.15) is 0 Å². The van der Waals surface area contributed by atoms with E-state index in [2.05, 4.69) is 10.6 Å². The van der Waals surface area contributed by atoms with Gasteiger partial charge in [0.25, 0.3) is 0 Å². The van der Waals surface area contributed by atoms with E-state index in [1.807, 2.05) is 13.0 Å². The molecule has 0 saturated carbocycles. The highest BCUT2D eigenvalue weighted by Crippen LogP contribution is 2.61. The van der Waals surface area contributed by atoms with E-state index in [1.54, 1.807) is 40.8 Å². The number of aliphatic hydroxyl groups is 3. The minimum atomic E-state index is -4.49. The number of amides is 2. The number of carbonyl (C=O) groups excluding carboxylic acids is 1. The third kappa shape index (κ3) is 4.55. The summed E-state index contributed by atoms with van der Waals surface area (Å²) in [6.45, 7) is 10.1. The lowest BCUT2D eigenvalue weighted by atomic mass is 9.82. The third-order valence-electron chi connectivity index (χ3n) is 7.58. The normalized spacial score (nSPS) is 33.8. The van der Waals surface area contributed by atoms with Crippen molar-refractivity contribution >= 4 is 13.6 Å². The molecule has 11 nitrogen and oxygen atoms in total. The highest BCUT2D eigenvalue weighted by Gasteiger charge is 2.56. The molecule has 1 saturated heterocycles. The van der Waals surface area contributed by atoms with Gasteiger partial charge in [-0.1, -0.05) is 27.7 Å². The van der Waals surface area contributed by atoms with Gasteiger partial charge in [0.05, 0.1) is 11.7 Å². The van der Waals surface area contributed by atoms with E-state index >= 15 is 0 Å². The Morgan fingerprint density at radius 3 is 2.38 bits per heavy atom. The van der Waals surface area contributed by atoms with Gasteiger partial charge in [-0.3, -0.25) is 14.0 Å².